The van der Waals surface area contributed by atoms with Crippen LogP contribution in [0.5, 0.6) is 0 Å². The van der Waals surface area contributed by atoms with E-state index < -0.39 is 6.35 Å². The van der Waals surface area contributed by atoms with Crippen LogP contribution in [0.2, 0.25) is 0 Å². The summed E-state index contributed by atoms with van der Waals surface area (Å²) >= 11 is 0. The molecule has 0 saturated carbocycles. The molecule has 2 heterocycles. The molecular weight excluding hydrogens is 224 g/mol. The summed E-state index contributed by atoms with van der Waals surface area (Å²) < 4.78 is 16.4. The molecule has 0 N–H and O–H groups in total. The van der Waals surface area contributed by atoms with Crippen LogP contribution >= 0.6 is 0 Å². The zero-order valence-corrected chi connectivity index (χ0v) is 10.5. The van der Waals surface area contributed by atoms with E-state index in [9.17, 15) is 0 Å². The minimum atomic E-state index is -0.398. The Bertz CT molecular complexity index is 326. The molecule has 0 aliphatic carbocycles. The Morgan fingerprint density at radius 3 is 2.71 bits per heavy atom. The number of quaternary nitrogens is 1. The lowest BCUT2D eigenvalue weighted by Crippen LogP contribution is -2.65. The maximum absolute atomic E-state index is 5.38. The van der Waals surface area contributed by atoms with Crippen LogP contribution in [0.3, 0.4) is 0 Å². The number of amidine groups is 1. The molecule has 0 spiro atoms. The lowest BCUT2D eigenvalue weighted by atomic mass is 10.4. The van der Waals surface area contributed by atoms with Crippen molar-refractivity contribution >= 4 is 12.4 Å². The highest BCUT2D eigenvalue weighted by atomic mass is 16.5. The average Bonchev–Trinajstić information content (AvgIpc) is 2.38. The molecule has 1 unspecified atom stereocenters. The van der Waals surface area contributed by atoms with E-state index in [4.69, 9.17) is 14.2 Å². The number of hydrogen-bond acceptors (Lipinski definition) is 6. The van der Waals surface area contributed by atoms with Gasteiger partial charge in [0.05, 0.1) is 27.4 Å². The minimum absolute atomic E-state index is 0.341. The van der Waals surface area contributed by atoms with Crippen LogP contribution in [0.4, 0.5) is 0 Å². The van der Waals surface area contributed by atoms with Gasteiger partial charge in [0.1, 0.15) is 13.1 Å². The predicted octanol–water partition coefficient (Wildman–Crippen LogP) is -0.345. The first-order valence-electron chi connectivity index (χ1n) is 5.59. The first-order chi connectivity index (χ1) is 8.19. The highest BCUT2D eigenvalue weighted by Crippen LogP contribution is 2.18. The lowest BCUT2D eigenvalue weighted by molar-refractivity contribution is -1.02. The molecule has 1 atom stereocenters. The third-order valence-electron chi connectivity index (χ3n) is 3.12. The van der Waals surface area contributed by atoms with Crippen LogP contribution in [-0.2, 0) is 14.2 Å². The molecule has 0 bridgehead atoms. The van der Waals surface area contributed by atoms with Crippen LogP contribution < -0.4 is 0 Å². The Labute approximate surface area is 101 Å². The van der Waals surface area contributed by atoms with E-state index in [1.165, 1.54) is 0 Å². The smallest absolute Gasteiger partial charge is 0.317 e. The van der Waals surface area contributed by atoms with E-state index in [1.807, 2.05) is 5.01 Å². The third-order valence-corrected chi connectivity index (χ3v) is 3.12. The van der Waals surface area contributed by atoms with E-state index in [0.29, 0.717) is 10.6 Å². The molecule has 0 aromatic heterocycles. The molecular formula is C10H19N4O3+. The van der Waals surface area contributed by atoms with E-state index in [-0.39, 0.29) is 0 Å². The number of likely N-dealkylation sites (N-methyl/N-ethyl adjacent to an activating group) is 1. The maximum atomic E-state index is 5.38. The van der Waals surface area contributed by atoms with E-state index in [2.05, 4.69) is 17.0 Å². The van der Waals surface area contributed by atoms with Crippen molar-refractivity contribution in [3.8, 4) is 0 Å². The van der Waals surface area contributed by atoms with Gasteiger partial charge in [-0.3, -0.25) is 0 Å². The van der Waals surface area contributed by atoms with Crippen molar-refractivity contribution in [2.45, 2.75) is 6.35 Å². The number of methoxy groups -OCH3 is 2. The van der Waals surface area contributed by atoms with Crippen molar-refractivity contribution in [3.05, 3.63) is 0 Å². The third kappa shape index (κ3) is 2.41. The zero-order valence-electron chi connectivity index (χ0n) is 10.5. The van der Waals surface area contributed by atoms with Crippen LogP contribution in [0, 0.1) is 0 Å². The Kier molecular flexibility index (Phi) is 3.60. The summed E-state index contributed by atoms with van der Waals surface area (Å²) in [5.41, 5.74) is 0. The van der Waals surface area contributed by atoms with Crippen molar-refractivity contribution in [1.29, 1.82) is 0 Å². The van der Waals surface area contributed by atoms with Gasteiger partial charge in [-0.25, -0.2) is 4.59 Å². The van der Waals surface area contributed by atoms with Gasteiger partial charge in [0, 0.05) is 7.11 Å². The summed E-state index contributed by atoms with van der Waals surface area (Å²) in [5, 5.41) is 1.98. The van der Waals surface area contributed by atoms with Gasteiger partial charge in [0.2, 0.25) is 0 Å². The lowest BCUT2D eigenvalue weighted by Gasteiger charge is -2.45. The number of ether oxygens (including phenoxy) is 3. The fourth-order valence-corrected chi connectivity index (χ4v) is 1.95. The van der Waals surface area contributed by atoms with Crippen molar-refractivity contribution < 1.29 is 18.8 Å². The zero-order chi connectivity index (χ0) is 12.3. The second-order valence-corrected chi connectivity index (χ2v) is 4.20. The first-order valence-corrected chi connectivity index (χ1v) is 5.59. The summed E-state index contributed by atoms with van der Waals surface area (Å²) in [7, 11) is 5.29. The molecule has 17 heavy (non-hydrogen) atoms. The maximum Gasteiger partial charge on any atom is 0.317 e. The standard InChI is InChI=1S/C10H19N4O3/c1-14(4-6-17-7-5-14)13-8-11-9(15-2)12-10(13)16-3/h8,10H,4-7H2,1-3H3/q+1. The SMILES string of the molecule is COC1=NC(OC)N([N+]2(C)CCOCC2)C=N1. The first kappa shape index (κ1) is 12.3. The van der Waals surface area contributed by atoms with Gasteiger partial charge < -0.3 is 14.2 Å². The van der Waals surface area contributed by atoms with Crippen LogP contribution in [0.15, 0.2) is 9.98 Å². The summed E-state index contributed by atoms with van der Waals surface area (Å²) in [4.78, 5) is 8.40. The molecule has 2 aliphatic rings. The van der Waals surface area contributed by atoms with Gasteiger partial charge in [0.25, 0.3) is 6.35 Å². The number of morpholine rings is 1. The fraction of sp³-hybridized carbons (Fsp3) is 0.800. The second kappa shape index (κ2) is 4.99. The molecule has 0 aromatic rings. The Morgan fingerprint density at radius 2 is 2.12 bits per heavy atom. The van der Waals surface area contributed by atoms with Gasteiger partial charge in [-0.2, -0.15) is 15.0 Å². The molecule has 0 radical (unpaired) electrons. The summed E-state index contributed by atoms with van der Waals surface area (Å²) in [6, 6.07) is 0.341. The molecule has 7 heteroatoms. The summed E-state index contributed by atoms with van der Waals surface area (Å²) in [5.74, 6) is 0. The average molecular weight is 243 g/mol. The number of aliphatic imine (C=N–C) groups is 2. The predicted molar refractivity (Wildman–Crippen MR) is 62.3 cm³/mol. The quantitative estimate of drug-likeness (QED) is 0.622. The molecule has 1 saturated heterocycles. The Balaban J connectivity index is 2.15. The molecule has 2 rings (SSSR count). The molecule has 0 amide bonds. The van der Waals surface area contributed by atoms with Gasteiger partial charge in [-0.05, 0) is 0 Å². The molecule has 0 aromatic carbocycles. The van der Waals surface area contributed by atoms with Crippen molar-refractivity contribution in [2.75, 3.05) is 47.6 Å². The minimum Gasteiger partial charge on any atom is -0.467 e. The summed E-state index contributed by atoms with van der Waals surface area (Å²) in [6.07, 6.45) is 1.33. The van der Waals surface area contributed by atoms with E-state index >= 15 is 0 Å². The van der Waals surface area contributed by atoms with Gasteiger partial charge in [-0.1, -0.05) is 0 Å². The van der Waals surface area contributed by atoms with Crippen LogP contribution in [0.25, 0.3) is 0 Å². The van der Waals surface area contributed by atoms with Gasteiger partial charge in [-0.15, -0.1) is 0 Å². The van der Waals surface area contributed by atoms with Crippen LogP contribution in [0.1, 0.15) is 0 Å². The normalized spacial score (nSPS) is 27.8. The number of nitrogens with zero attached hydrogens (tertiary/aromatic N) is 4. The van der Waals surface area contributed by atoms with Crippen molar-refractivity contribution in [3.63, 3.8) is 0 Å². The monoisotopic (exact) mass is 243 g/mol. The van der Waals surface area contributed by atoms with Crippen molar-refractivity contribution in [2.24, 2.45) is 9.98 Å². The second-order valence-electron chi connectivity index (χ2n) is 4.20. The van der Waals surface area contributed by atoms with E-state index in [0.717, 1.165) is 26.3 Å². The van der Waals surface area contributed by atoms with Crippen LogP contribution in [-0.4, -0.2) is 75.9 Å². The number of rotatable bonds is 2. The molecule has 7 nitrogen and oxygen atoms in total. The molecule has 2 aliphatic heterocycles. The highest BCUT2D eigenvalue weighted by molar-refractivity contribution is 5.84. The Morgan fingerprint density at radius 1 is 1.41 bits per heavy atom. The topological polar surface area (TPSA) is 55.7 Å². The molecule has 96 valence electrons. The molecule has 1 fully saturated rings. The van der Waals surface area contributed by atoms with Gasteiger partial charge in [0.15, 0.2) is 6.34 Å². The number of hydrogen-bond donors (Lipinski definition) is 0. The van der Waals surface area contributed by atoms with Gasteiger partial charge >= 0.3 is 6.02 Å². The highest BCUT2D eigenvalue weighted by Gasteiger charge is 2.38. The van der Waals surface area contributed by atoms with Crippen molar-refractivity contribution in [1.82, 2.24) is 5.01 Å². The van der Waals surface area contributed by atoms with E-state index in [1.54, 1.807) is 20.6 Å². The Hall–Kier alpha value is -1.18. The largest absolute Gasteiger partial charge is 0.467 e. The summed E-state index contributed by atoms with van der Waals surface area (Å²) in [6.45, 7) is 3.23. The fourth-order valence-electron chi connectivity index (χ4n) is 1.95.